The summed E-state index contributed by atoms with van der Waals surface area (Å²) >= 11 is 5.41. The van der Waals surface area contributed by atoms with E-state index in [0.717, 1.165) is 22.3 Å². The predicted octanol–water partition coefficient (Wildman–Crippen LogP) is 3.57. The number of aryl methyl sites for hydroxylation is 1. The Kier molecular flexibility index (Phi) is 9.28. The van der Waals surface area contributed by atoms with Gasteiger partial charge in [0.25, 0.3) is 0 Å². The van der Waals surface area contributed by atoms with Crippen molar-refractivity contribution in [3.63, 3.8) is 0 Å². The van der Waals surface area contributed by atoms with Crippen LogP contribution >= 0.6 is 11.6 Å². The van der Waals surface area contributed by atoms with Crippen molar-refractivity contribution in [1.29, 1.82) is 0 Å². The number of carbonyl (C=O) groups is 1. The molecule has 2 aromatic rings. The van der Waals surface area contributed by atoms with Gasteiger partial charge >= 0.3 is 0 Å². The Balaban J connectivity index is 0.00000162. The molecule has 0 aromatic heterocycles. The van der Waals surface area contributed by atoms with Gasteiger partial charge < -0.3 is 0 Å². The molecule has 2 rings (SSSR count). The van der Waals surface area contributed by atoms with E-state index in [-0.39, 0.29) is 65.4 Å². The molecular formula is C15H11ClOWY-2. The van der Waals surface area contributed by atoms with Gasteiger partial charge in [0.15, 0.2) is 0 Å². The Bertz CT molecular complexity index is 543. The van der Waals surface area contributed by atoms with Crippen LogP contribution in [0, 0.1) is 19.1 Å². The van der Waals surface area contributed by atoms with E-state index in [1.54, 1.807) is 0 Å². The summed E-state index contributed by atoms with van der Waals surface area (Å²) in [6.07, 6.45) is 0.210. The van der Waals surface area contributed by atoms with Crippen molar-refractivity contribution in [3.8, 4) is 11.1 Å². The van der Waals surface area contributed by atoms with Crippen LogP contribution in [0.25, 0.3) is 11.1 Å². The fraction of sp³-hybridized carbons (Fsp3) is 0.133. The van der Waals surface area contributed by atoms with Crippen molar-refractivity contribution in [3.05, 3.63) is 59.7 Å². The topological polar surface area (TPSA) is 17.1 Å². The van der Waals surface area contributed by atoms with Crippen LogP contribution in [0.4, 0.5) is 0 Å². The quantitative estimate of drug-likeness (QED) is 0.452. The smallest absolute Gasteiger partial charge is 0.222 e. The summed E-state index contributed by atoms with van der Waals surface area (Å²) in [5.74, 6) is 0. The molecule has 1 nitrogen and oxygen atoms in total. The van der Waals surface area contributed by atoms with Crippen molar-refractivity contribution >= 4 is 16.8 Å². The third-order valence-electron chi connectivity index (χ3n) is 2.56. The fourth-order valence-corrected chi connectivity index (χ4v) is 1.77. The van der Waals surface area contributed by atoms with Gasteiger partial charge in [-0.3, -0.25) is 22.5 Å². The average Bonchev–Trinajstić information content (AvgIpc) is 2.32. The molecule has 0 amide bonds. The number of carbonyl (C=O) groups excluding carboxylic acids is 1. The Morgan fingerprint density at radius 1 is 1.26 bits per heavy atom. The Morgan fingerprint density at radius 3 is 2.47 bits per heavy atom. The van der Waals surface area contributed by atoms with E-state index in [0.29, 0.717) is 0 Å². The normalized spacial score (nSPS) is 9.16. The third-order valence-corrected chi connectivity index (χ3v) is 2.70. The summed E-state index contributed by atoms with van der Waals surface area (Å²) in [6.45, 7) is 1.93. The molecule has 0 spiro atoms. The molecule has 0 saturated heterocycles. The molecule has 0 aliphatic heterocycles. The van der Waals surface area contributed by atoms with Crippen molar-refractivity contribution in [2.45, 2.75) is 13.3 Å². The molecule has 0 fully saturated rings. The second-order valence-corrected chi connectivity index (χ2v) is 4.27. The molecule has 0 aliphatic rings. The molecule has 0 unspecified atom stereocenters. The molecule has 1 radical (unpaired) electrons. The van der Waals surface area contributed by atoms with Crippen LogP contribution in [0.2, 0.25) is 0 Å². The second-order valence-electron chi connectivity index (χ2n) is 3.85. The molecule has 0 bridgehead atoms. The average molecular weight is 515 g/mol. The maximum atomic E-state index is 10.9. The van der Waals surface area contributed by atoms with E-state index in [1.807, 2.05) is 43.3 Å². The zero-order chi connectivity index (χ0) is 12.3. The summed E-state index contributed by atoms with van der Waals surface area (Å²) in [5.41, 5.74) is 3.72. The van der Waals surface area contributed by atoms with E-state index in [4.69, 9.17) is 11.6 Å². The molecule has 0 aliphatic carbocycles. The van der Waals surface area contributed by atoms with Crippen molar-refractivity contribution < 1.29 is 58.6 Å². The molecule has 2 aromatic carbocycles. The van der Waals surface area contributed by atoms with Crippen LogP contribution < -0.4 is 0 Å². The fourth-order valence-electron chi connectivity index (χ4n) is 1.64. The summed E-state index contributed by atoms with van der Waals surface area (Å²) in [6, 6.07) is 18.1. The van der Waals surface area contributed by atoms with E-state index in [1.165, 1.54) is 0 Å². The molecule has 0 N–H and O–H groups in total. The van der Waals surface area contributed by atoms with Crippen LogP contribution in [0.15, 0.2) is 36.4 Å². The largest absolute Gasteiger partial charge is 0.286 e. The monoisotopic (exact) mass is 515 g/mol. The Labute approximate surface area is 158 Å². The summed E-state index contributed by atoms with van der Waals surface area (Å²) in [4.78, 5) is 10.9. The zero-order valence-electron chi connectivity index (χ0n) is 10.4. The first kappa shape index (κ1) is 19.2. The molecule has 95 valence electrons. The van der Waals surface area contributed by atoms with E-state index in [9.17, 15) is 4.79 Å². The van der Waals surface area contributed by atoms with E-state index in [2.05, 4.69) is 12.1 Å². The van der Waals surface area contributed by atoms with Crippen LogP contribution in [-0.2, 0) is 65.0 Å². The minimum Gasteiger partial charge on any atom is -0.286 e. The number of rotatable bonds is 3. The predicted molar refractivity (Wildman–Crippen MR) is 68.9 cm³/mol. The van der Waals surface area contributed by atoms with Gasteiger partial charge in [-0.15, -0.1) is 19.1 Å². The van der Waals surface area contributed by atoms with Gasteiger partial charge in [0.2, 0.25) is 5.24 Å². The van der Waals surface area contributed by atoms with Gasteiger partial charge in [0, 0.05) is 60.2 Å². The molecule has 4 heteroatoms. The summed E-state index contributed by atoms with van der Waals surface area (Å²) in [5, 5.41) is -0.366. The van der Waals surface area contributed by atoms with Crippen LogP contribution in [0.1, 0.15) is 11.1 Å². The van der Waals surface area contributed by atoms with Gasteiger partial charge in [-0.05, 0) is 11.6 Å². The van der Waals surface area contributed by atoms with Crippen LogP contribution in [-0.4, -0.2) is 5.24 Å². The van der Waals surface area contributed by atoms with Crippen molar-refractivity contribution in [2.75, 3.05) is 0 Å². The Morgan fingerprint density at radius 2 is 1.89 bits per heavy atom. The first-order valence-corrected chi connectivity index (χ1v) is 5.72. The molecule has 0 atom stereocenters. The summed E-state index contributed by atoms with van der Waals surface area (Å²) in [7, 11) is 0. The molecular weight excluding hydrogens is 504 g/mol. The third kappa shape index (κ3) is 5.60. The molecule has 0 heterocycles. The van der Waals surface area contributed by atoms with E-state index >= 15 is 0 Å². The number of hydrogen-bond acceptors (Lipinski definition) is 1. The molecule has 19 heavy (non-hydrogen) atoms. The van der Waals surface area contributed by atoms with E-state index < -0.39 is 0 Å². The SMILES string of the molecule is Cc1c[c-]c(-c2ccccc2)[c-]c1CC(=O)Cl.[W].[Y]. The van der Waals surface area contributed by atoms with Gasteiger partial charge in [-0.2, -0.15) is 5.56 Å². The van der Waals surface area contributed by atoms with Crippen molar-refractivity contribution in [2.24, 2.45) is 0 Å². The second kappa shape index (κ2) is 9.19. The first-order chi connectivity index (χ1) is 8.16. The number of hydrogen-bond donors (Lipinski definition) is 0. The minimum absolute atomic E-state index is 0. The van der Waals surface area contributed by atoms with Crippen LogP contribution in [0.3, 0.4) is 0 Å². The van der Waals surface area contributed by atoms with Gasteiger partial charge in [-0.1, -0.05) is 18.2 Å². The maximum absolute atomic E-state index is 10.9. The van der Waals surface area contributed by atoms with Crippen molar-refractivity contribution in [1.82, 2.24) is 0 Å². The van der Waals surface area contributed by atoms with Gasteiger partial charge in [-0.25, -0.2) is 17.2 Å². The van der Waals surface area contributed by atoms with Gasteiger partial charge in [0.1, 0.15) is 0 Å². The van der Waals surface area contributed by atoms with Crippen LogP contribution in [0.5, 0.6) is 0 Å². The molecule has 0 saturated carbocycles. The maximum Gasteiger partial charge on any atom is 0.222 e. The number of benzene rings is 2. The summed E-state index contributed by atoms with van der Waals surface area (Å²) < 4.78 is 0. The Hall–Kier alpha value is 0.192. The minimum atomic E-state index is -0.366. The number of halogens is 1. The van der Waals surface area contributed by atoms with Gasteiger partial charge in [0.05, 0.1) is 0 Å². The standard InChI is InChI=1S/C15H11ClO.W.Y/c1-11-7-8-13(9-14(11)10-15(16)17)12-5-3-2-4-6-12;;/h2-7H,10H2,1H3;;/q-2;;. The zero-order valence-corrected chi connectivity index (χ0v) is 17.0. The first-order valence-electron chi connectivity index (χ1n) is 5.34.